The highest BCUT2D eigenvalue weighted by molar-refractivity contribution is 7.88. The summed E-state index contributed by atoms with van der Waals surface area (Å²) in [5.41, 5.74) is -0.662. The zero-order valence-corrected chi connectivity index (χ0v) is 12.0. The van der Waals surface area contributed by atoms with Crippen LogP contribution in [-0.2, 0) is 10.0 Å². The van der Waals surface area contributed by atoms with E-state index in [1.54, 1.807) is 0 Å². The molecule has 0 radical (unpaired) electrons. The number of nitro benzene ring substituents is 1. The fourth-order valence-corrected chi connectivity index (χ4v) is 2.11. The highest BCUT2D eigenvalue weighted by Gasteiger charge is 2.23. The second-order valence-corrected chi connectivity index (χ2v) is 6.06. The molecule has 0 aliphatic rings. The molecule has 0 bridgehead atoms. The number of carbonyl (C=O) groups is 1. The molecule has 110 valence electrons. The maximum atomic E-state index is 11.8. The zero-order chi connectivity index (χ0) is 15.3. The highest BCUT2D eigenvalue weighted by Crippen LogP contribution is 2.27. The van der Waals surface area contributed by atoms with Crippen LogP contribution in [0.2, 0.25) is 5.02 Å². The first kappa shape index (κ1) is 16.3. The predicted octanol–water partition coefficient (Wildman–Crippen LogP) is 0.527. The van der Waals surface area contributed by atoms with Gasteiger partial charge in [0, 0.05) is 13.1 Å². The minimum atomic E-state index is -3.35. The van der Waals surface area contributed by atoms with Gasteiger partial charge in [0.15, 0.2) is 0 Å². The fraction of sp³-hybridized carbons (Fsp3) is 0.300. The molecular weight excluding hydrogens is 310 g/mol. The monoisotopic (exact) mass is 321 g/mol. The van der Waals surface area contributed by atoms with E-state index < -0.39 is 26.5 Å². The first-order valence-electron chi connectivity index (χ1n) is 5.38. The third-order valence-electron chi connectivity index (χ3n) is 2.19. The zero-order valence-electron chi connectivity index (χ0n) is 10.4. The molecule has 1 aromatic rings. The normalized spacial score (nSPS) is 11.1. The number of rotatable bonds is 6. The Hall–Kier alpha value is -1.71. The van der Waals surface area contributed by atoms with Gasteiger partial charge in [0.05, 0.1) is 11.2 Å². The molecule has 1 aromatic carbocycles. The van der Waals surface area contributed by atoms with Gasteiger partial charge in [0.2, 0.25) is 10.0 Å². The van der Waals surface area contributed by atoms with Crippen molar-refractivity contribution in [2.45, 2.75) is 0 Å². The van der Waals surface area contributed by atoms with E-state index >= 15 is 0 Å². The van der Waals surface area contributed by atoms with E-state index in [4.69, 9.17) is 11.6 Å². The lowest BCUT2D eigenvalue weighted by Gasteiger charge is -2.06. The summed E-state index contributed by atoms with van der Waals surface area (Å²) >= 11 is 5.68. The minimum Gasteiger partial charge on any atom is -0.351 e. The molecule has 2 N–H and O–H groups in total. The van der Waals surface area contributed by atoms with Crippen LogP contribution < -0.4 is 10.0 Å². The van der Waals surface area contributed by atoms with Crippen molar-refractivity contribution in [2.24, 2.45) is 0 Å². The summed E-state index contributed by atoms with van der Waals surface area (Å²) in [5, 5.41) is 13.1. The number of para-hydroxylation sites is 1. The van der Waals surface area contributed by atoms with Crippen molar-refractivity contribution in [1.82, 2.24) is 10.0 Å². The van der Waals surface area contributed by atoms with Crippen LogP contribution in [0.25, 0.3) is 0 Å². The van der Waals surface area contributed by atoms with Gasteiger partial charge in [-0.1, -0.05) is 17.7 Å². The molecule has 0 saturated carbocycles. The van der Waals surface area contributed by atoms with Gasteiger partial charge in [-0.15, -0.1) is 0 Å². The molecule has 1 amide bonds. The molecular formula is C10H12ClN3O5S. The maximum absolute atomic E-state index is 11.8. The van der Waals surface area contributed by atoms with Crippen LogP contribution >= 0.6 is 11.6 Å². The summed E-state index contributed by atoms with van der Waals surface area (Å²) in [6, 6.07) is 3.99. The molecule has 0 spiro atoms. The topological polar surface area (TPSA) is 118 Å². The Morgan fingerprint density at radius 3 is 2.60 bits per heavy atom. The fourth-order valence-electron chi connectivity index (χ4n) is 1.39. The number of nitrogens with one attached hydrogen (secondary N) is 2. The molecule has 0 aromatic heterocycles. The van der Waals surface area contributed by atoms with Crippen molar-refractivity contribution in [2.75, 3.05) is 19.3 Å². The van der Waals surface area contributed by atoms with Crippen molar-refractivity contribution >= 4 is 33.2 Å². The highest BCUT2D eigenvalue weighted by atomic mass is 35.5. The number of hydrogen-bond acceptors (Lipinski definition) is 5. The van der Waals surface area contributed by atoms with Gasteiger partial charge >= 0.3 is 5.69 Å². The summed E-state index contributed by atoms with van der Waals surface area (Å²) in [4.78, 5) is 21.9. The van der Waals surface area contributed by atoms with Crippen LogP contribution in [0, 0.1) is 10.1 Å². The van der Waals surface area contributed by atoms with E-state index in [0.29, 0.717) is 0 Å². The number of benzene rings is 1. The van der Waals surface area contributed by atoms with Crippen LogP contribution in [0.1, 0.15) is 10.4 Å². The van der Waals surface area contributed by atoms with Crippen molar-refractivity contribution in [3.8, 4) is 0 Å². The van der Waals surface area contributed by atoms with Gasteiger partial charge in [0.25, 0.3) is 5.91 Å². The Bertz CT molecular complexity index is 632. The maximum Gasteiger partial charge on any atom is 0.300 e. The first-order chi connectivity index (χ1) is 9.22. The lowest BCUT2D eigenvalue weighted by atomic mass is 10.1. The third-order valence-corrected chi connectivity index (χ3v) is 3.22. The largest absolute Gasteiger partial charge is 0.351 e. The van der Waals surface area contributed by atoms with Crippen molar-refractivity contribution in [1.29, 1.82) is 0 Å². The van der Waals surface area contributed by atoms with E-state index in [2.05, 4.69) is 10.0 Å². The number of halogens is 1. The van der Waals surface area contributed by atoms with Crippen LogP contribution in [0.4, 0.5) is 5.69 Å². The lowest BCUT2D eigenvalue weighted by Crippen LogP contribution is -2.34. The number of hydrogen-bond donors (Lipinski definition) is 2. The number of carbonyl (C=O) groups excluding carboxylic acids is 1. The summed E-state index contributed by atoms with van der Waals surface area (Å²) in [6.07, 6.45) is 0.983. The van der Waals surface area contributed by atoms with E-state index in [1.807, 2.05) is 0 Å². The molecule has 0 aliphatic carbocycles. The lowest BCUT2D eigenvalue weighted by molar-refractivity contribution is -0.385. The SMILES string of the molecule is CS(=O)(=O)NCCNC(=O)c1cccc(Cl)c1[N+](=O)[O-]. The molecule has 20 heavy (non-hydrogen) atoms. The Balaban J connectivity index is 2.74. The van der Waals surface area contributed by atoms with Crippen LogP contribution in [0.15, 0.2) is 18.2 Å². The predicted molar refractivity (Wildman–Crippen MR) is 73.3 cm³/mol. The Morgan fingerprint density at radius 1 is 1.40 bits per heavy atom. The number of nitrogens with zero attached hydrogens (tertiary/aromatic N) is 1. The molecule has 0 fully saturated rings. The van der Waals surface area contributed by atoms with E-state index in [0.717, 1.165) is 6.26 Å². The molecule has 0 unspecified atom stereocenters. The van der Waals surface area contributed by atoms with Gasteiger partial charge in [-0.2, -0.15) is 0 Å². The summed E-state index contributed by atoms with van der Waals surface area (Å²) in [6.45, 7) is -0.0193. The quantitative estimate of drug-likeness (QED) is 0.450. The molecule has 0 heterocycles. The van der Waals surface area contributed by atoms with Gasteiger partial charge in [-0.05, 0) is 12.1 Å². The second-order valence-electron chi connectivity index (χ2n) is 3.82. The van der Waals surface area contributed by atoms with E-state index in [-0.39, 0.29) is 23.7 Å². The van der Waals surface area contributed by atoms with Crippen molar-refractivity contribution in [3.05, 3.63) is 38.9 Å². The smallest absolute Gasteiger partial charge is 0.300 e. The molecule has 0 atom stereocenters. The number of amides is 1. The average molecular weight is 322 g/mol. The summed E-state index contributed by atoms with van der Waals surface area (Å²) in [5.74, 6) is -0.700. The van der Waals surface area contributed by atoms with Crippen LogP contribution in [0.5, 0.6) is 0 Å². The number of nitro groups is 1. The molecule has 10 heteroatoms. The van der Waals surface area contributed by atoms with Gasteiger partial charge < -0.3 is 5.32 Å². The molecule has 0 aliphatic heterocycles. The molecule has 0 saturated heterocycles. The summed E-state index contributed by atoms with van der Waals surface area (Å²) < 4.78 is 23.8. The van der Waals surface area contributed by atoms with E-state index in [9.17, 15) is 23.3 Å². The summed E-state index contributed by atoms with van der Waals surface area (Å²) in [7, 11) is -3.35. The first-order valence-corrected chi connectivity index (χ1v) is 7.65. The van der Waals surface area contributed by atoms with E-state index in [1.165, 1.54) is 18.2 Å². The van der Waals surface area contributed by atoms with Crippen molar-refractivity contribution in [3.63, 3.8) is 0 Å². The molecule has 8 nitrogen and oxygen atoms in total. The van der Waals surface area contributed by atoms with Gasteiger partial charge in [-0.3, -0.25) is 14.9 Å². The van der Waals surface area contributed by atoms with Crippen LogP contribution in [0.3, 0.4) is 0 Å². The second kappa shape index (κ2) is 6.64. The van der Waals surface area contributed by atoms with Crippen LogP contribution in [-0.4, -0.2) is 38.6 Å². The average Bonchev–Trinajstić information content (AvgIpc) is 2.32. The Kier molecular flexibility index (Phi) is 5.43. The standard InChI is InChI=1S/C10H12ClN3O5S/c1-20(18,19)13-6-5-12-10(15)7-3-2-4-8(11)9(7)14(16)17/h2-4,13H,5-6H2,1H3,(H,12,15). The van der Waals surface area contributed by atoms with Crippen molar-refractivity contribution < 1.29 is 18.1 Å². The Morgan fingerprint density at radius 2 is 2.05 bits per heavy atom. The third kappa shape index (κ3) is 4.76. The van der Waals surface area contributed by atoms with Gasteiger partial charge in [-0.25, -0.2) is 13.1 Å². The molecule has 1 rings (SSSR count). The van der Waals surface area contributed by atoms with Gasteiger partial charge in [0.1, 0.15) is 10.6 Å². The number of sulfonamides is 1. The Labute approximate surface area is 120 Å². The minimum absolute atomic E-state index is 0.00439.